The highest BCUT2D eigenvalue weighted by Crippen LogP contribution is 2.26. The minimum atomic E-state index is -0.484. The zero-order chi connectivity index (χ0) is 19.4. The van der Waals surface area contributed by atoms with Gasteiger partial charge in [-0.05, 0) is 13.0 Å². The third kappa shape index (κ3) is 4.06. The predicted molar refractivity (Wildman–Crippen MR) is 103 cm³/mol. The summed E-state index contributed by atoms with van der Waals surface area (Å²) in [4.78, 5) is 22.7. The van der Waals surface area contributed by atoms with Crippen LogP contribution in [-0.2, 0) is 4.79 Å². The molecule has 0 saturated heterocycles. The van der Waals surface area contributed by atoms with E-state index in [0.717, 1.165) is 17.3 Å². The largest absolute Gasteiger partial charge is 0.335 e. The van der Waals surface area contributed by atoms with Gasteiger partial charge >= 0.3 is 0 Å². The monoisotopic (exact) mass is 384 g/mol. The normalized spacial score (nSPS) is 10.6. The zero-order valence-electron chi connectivity index (χ0n) is 14.3. The van der Waals surface area contributed by atoms with E-state index in [-0.39, 0.29) is 17.3 Å². The van der Waals surface area contributed by atoms with Gasteiger partial charge < -0.3 is 11.2 Å². The van der Waals surface area contributed by atoms with Gasteiger partial charge in [-0.3, -0.25) is 14.9 Å². The van der Waals surface area contributed by atoms with Crippen LogP contribution in [-0.4, -0.2) is 31.5 Å². The highest BCUT2D eigenvalue weighted by molar-refractivity contribution is 7.99. The van der Waals surface area contributed by atoms with Crippen LogP contribution in [0.1, 0.15) is 5.56 Å². The second-order valence-corrected chi connectivity index (χ2v) is 6.53. The molecule has 0 saturated carbocycles. The number of nitrogens with zero attached hydrogens (tertiary/aromatic N) is 4. The van der Waals surface area contributed by atoms with Crippen LogP contribution < -0.4 is 11.2 Å². The molecular weight excluding hydrogens is 368 g/mol. The number of aromatic nitrogens is 3. The molecule has 138 valence electrons. The van der Waals surface area contributed by atoms with Gasteiger partial charge in [-0.1, -0.05) is 48.2 Å². The van der Waals surface area contributed by atoms with Crippen LogP contribution >= 0.6 is 11.8 Å². The molecule has 2 aromatic carbocycles. The van der Waals surface area contributed by atoms with Crippen molar-refractivity contribution in [2.45, 2.75) is 12.1 Å². The number of amides is 1. The van der Waals surface area contributed by atoms with Crippen molar-refractivity contribution < 1.29 is 9.72 Å². The summed E-state index contributed by atoms with van der Waals surface area (Å²) in [5.74, 6) is 6.22. The van der Waals surface area contributed by atoms with Gasteiger partial charge in [0.2, 0.25) is 11.1 Å². The van der Waals surface area contributed by atoms with Crippen molar-refractivity contribution >= 4 is 29.0 Å². The molecule has 27 heavy (non-hydrogen) atoms. The number of hydrogen-bond donors (Lipinski definition) is 2. The maximum Gasteiger partial charge on any atom is 0.274 e. The first-order valence-corrected chi connectivity index (χ1v) is 8.88. The van der Waals surface area contributed by atoms with Crippen molar-refractivity contribution in [3.05, 3.63) is 64.2 Å². The van der Waals surface area contributed by atoms with Crippen molar-refractivity contribution in [1.82, 2.24) is 14.9 Å². The highest BCUT2D eigenvalue weighted by atomic mass is 32.2. The third-order valence-electron chi connectivity index (χ3n) is 3.80. The molecule has 0 radical (unpaired) electrons. The molecule has 0 unspecified atom stereocenters. The van der Waals surface area contributed by atoms with E-state index in [1.807, 2.05) is 30.3 Å². The average Bonchev–Trinajstić information content (AvgIpc) is 3.03. The van der Waals surface area contributed by atoms with E-state index < -0.39 is 4.92 Å². The Labute approximate surface area is 158 Å². The molecule has 0 aliphatic rings. The molecule has 0 atom stereocenters. The first-order chi connectivity index (χ1) is 13.0. The Kier molecular flexibility index (Phi) is 5.36. The number of nitrogen functional groups attached to an aromatic ring is 1. The van der Waals surface area contributed by atoms with Crippen LogP contribution in [0, 0.1) is 17.0 Å². The van der Waals surface area contributed by atoms with Gasteiger partial charge in [0, 0.05) is 11.6 Å². The Hall–Kier alpha value is -3.40. The van der Waals surface area contributed by atoms with Gasteiger partial charge in [-0.2, -0.15) is 0 Å². The fraction of sp³-hybridized carbons (Fsp3) is 0.118. The third-order valence-corrected chi connectivity index (χ3v) is 4.75. The maximum atomic E-state index is 12.2. The van der Waals surface area contributed by atoms with Gasteiger partial charge in [-0.25, -0.2) is 4.68 Å². The molecule has 1 aromatic heterocycles. The van der Waals surface area contributed by atoms with Crippen molar-refractivity contribution in [2.75, 3.05) is 16.9 Å². The lowest BCUT2D eigenvalue weighted by Gasteiger charge is -2.08. The maximum absolute atomic E-state index is 12.2. The molecule has 1 heterocycles. The fourth-order valence-corrected chi connectivity index (χ4v) is 3.09. The van der Waals surface area contributed by atoms with E-state index in [0.29, 0.717) is 22.2 Å². The van der Waals surface area contributed by atoms with Crippen LogP contribution in [0.25, 0.3) is 11.4 Å². The van der Waals surface area contributed by atoms with E-state index in [1.54, 1.807) is 13.0 Å². The number of benzene rings is 2. The molecule has 0 aliphatic carbocycles. The lowest BCUT2D eigenvalue weighted by molar-refractivity contribution is -0.385. The average molecular weight is 384 g/mol. The zero-order valence-corrected chi connectivity index (χ0v) is 15.1. The molecule has 3 rings (SSSR count). The van der Waals surface area contributed by atoms with Gasteiger partial charge in [-0.15, -0.1) is 10.2 Å². The number of carbonyl (C=O) groups is 1. The lowest BCUT2D eigenvalue weighted by atomic mass is 10.1. The van der Waals surface area contributed by atoms with Crippen LogP contribution in [0.3, 0.4) is 0 Å². The summed E-state index contributed by atoms with van der Waals surface area (Å²) >= 11 is 1.12. The molecule has 1 amide bonds. The predicted octanol–water partition coefficient (Wildman–Crippen LogP) is 2.61. The van der Waals surface area contributed by atoms with E-state index >= 15 is 0 Å². The van der Waals surface area contributed by atoms with E-state index in [9.17, 15) is 14.9 Å². The Morgan fingerprint density at radius 1 is 1.22 bits per heavy atom. The van der Waals surface area contributed by atoms with Crippen LogP contribution in [0.15, 0.2) is 53.7 Å². The lowest BCUT2D eigenvalue weighted by Crippen LogP contribution is -2.17. The SMILES string of the molecule is Cc1c(NC(=O)CSc2nnc(-c3ccccc3)n2N)cccc1[N+](=O)[O-]. The highest BCUT2D eigenvalue weighted by Gasteiger charge is 2.16. The Balaban J connectivity index is 1.66. The summed E-state index contributed by atoms with van der Waals surface area (Å²) in [7, 11) is 0. The number of carbonyl (C=O) groups excluding carboxylic acids is 1. The molecule has 0 aliphatic heterocycles. The van der Waals surface area contributed by atoms with Crippen molar-refractivity contribution in [1.29, 1.82) is 0 Å². The van der Waals surface area contributed by atoms with Crippen molar-refractivity contribution in [3.8, 4) is 11.4 Å². The Morgan fingerprint density at radius 2 is 1.96 bits per heavy atom. The first-order valence-electron chi connectivity index (χ1n) is 7.90. The Bertz CT molecular complexity index is 990. The van der Waals surface area contributed by atoms with Crippen LogP contribution in [0.2, 0.25) is 0 Å². The second-order valence-electron chi connectivity index (χ2n) is 5.59. The number of nitrogens with one attached hydrogen (secondary N) is 1. The summed E-state index contributed by atoms with van der Waals surface area (Å²) in [5, 5.41) is 22.1. The number of nitro benzene ring substituents is 1. The summed E-state index contributed by atoms with van der Waals surface area (Å²) in [5.41, 5.74) is 1.56. The summed E-state index contributed by atoms with van der Waals surface area (Å²) < 4.78 is 1.33. The summed E-state index contributed by atoms with van der Waals surface area (Å²) in [6, 6.07) is 13.9. The quantitative estimate of drug-likeness (QED) is 0.289. The minimum absolute atomic E-state index is 0.0340. The summed E-state index contributed by atoms with van der Waals surface area (Å²) in [6.45, 7) is 1.59. The standard InChI is InChI=1S/C17H16N6O3S/c1-11-13(8-5-9-14(11)23(25)26)19-15(24)10-27-17-21-20-16(22(17)18)12-6-3-2-4-7-12/h2-9H,10,18H2,1H3,(H,19,24). The smallest absolute Gasteiger partial charge is 0.274 e. The second kappa shape index (κ2) is 7.87. The Morgan fingerprint density at radius 3 is 2.67 bits per heavy atom. The molecule has 3 aromatic rings. The van der Waals surface area contributed by atoms with Gasteiger partial charge in [0.15, 0.2) is 5.82 Å². The number of rotatable bonds is 6. The van der Waals surface area contributed by atoms with E-state index in [1.165, 1.54) is 16.8 Å². The topological polar surface area (TPSA) is 129 Å². The fourth-order valence-electron chi connectivity index (χ4n) is 2.43. The van der Waals surface area contributed by atoms with E-state index in [4.69, 9.17) is 5.84 Å². The molecule has 0 spiro atoms. The number of thioether (sulfide) groups is 1. The molecule has 3 N–H and O–H groups in total. The van der Waals surface area contributed by atoms with E-state index in [2.05, 4.69) is 15.5 Å². The number of hydrogen-bond acceptors (Lipinski definition) is 7. The molecule has 10 heteroatoms. The molecule has 0 bridgehead atoms. The van der Waals surface area contributed by atoms with Gasteiger partial charge in [0.05, 0.1) is 21.9 Å². The number of nitrogens with two attached hydrogens (primary N) is 1. The van der Waals surface area contributed by atoms with Crippen LogP contribution in [0.5, 0.6) is 0 Å². The van der Waals surface area contributed by atoms with Gasteiger partial charge in [0.1, 0.15) is 0 Å². The molecule has 0 fully saturated rings. The molecule has 9 nitrogen and oxygen atoms in total. The minimum Gasteiger partial charge on any atom is -0.335 e. The number of nitro groups is 1. The van der Waals surface area contributed by atoms with Crippen molar-refractivity contribution in [3.63, 3.8) is 0 Å². The first kappa shape index (κ1) is 18.4. The van der Waals surface area contributed by atoms with Crippen LogP contribution in [0.4, 0.5) is 11.4 Å². The van der Waals surface area contributed by atoms with Gasteiger partial charge in [0.25, 0.3) is 5.69 Å². The molecular formula is C17H16N6O3S. The number of anilines is 1. The van der Waals surface area contributed by atoms with Crippen molar-refractivity contribution in [2.24, 2.45) is 0 Å². The summed E-state index contributed by atoms with van der Waals surface area (Å²) in [6.07, 6.45) is 0.